The lowest BCUT2D eigenvalue weighted by Gasteiger charge is -2.24. The second kappa shape index (κ2) is 5.85. The summed E-state index contributed by atoms with van der Waals surface area (Å²) in [7, 11) is 0. The zero-order valence-electron chi connectivity index (χ0n) is 11.1. The number of likely N-dealkylation sites (tertiary alicyclic amines) is 1. The molecule has 1 saturated heterocycles. The van der Waals surface area contributed by atoms with Gasteiger partial charge in [0.05, 0.1) is 6.33 Å². The van der Waals surface area contributed by atoms with Gasteiger partial charge in [-0.2, -0.15) is 0 Å². The number of imidazole rings is 1. The molecule has 4 heteroatoms. The summed E-state index contributed by atoms with van der Waals surface area (Å²) in [5.41, 5.74) is 0. The summed E-state index contributed by atoms with van der Waals surface area (Å²) in [6.07, 6.45) is 12.6. The lowest BCUT2D eigenvalue weighted by Crippen LogP contribution is -2.39. The topological polar surface area (TPSA) is 33.1 Å². The maximum atomic E-state index is 4.08. The van der Waals surface area contributed by atoms with Crippen molar-refractivity contribution in [1.29, 1.82) is 0 Å². The molecular formula is C14H24N4. The Labute approximate surface area is 109 Å². The molecule has 1 atom stereocenters. The number of nitrogens with one attached hydrogen (secondary N) is 1. The highest BCUT2D eigenvalue weighted by Crippen LogP contribution is 2.21. The molecule has 0 amide bonds. The third kappa shape index (κ3) is 3.33. The van der Waals surface area contributed by atoms with Gasteiger partial charge in [0.2, 0.25) is 0 Å². The molecule has 1 unspecified atom stereocenters. The summed E-state index contributed by atoms with van der Waals surface area (Å²) in [6, 6.07) is 1.63. The Morgan fingerprint density at radius 3 is 2.94 bits per heavy atom. The standard InChI is InChI=1S/C14H24N4/c1-3-14(11-16-13-4-5-13)18(8-1)9-2-7-17-10-6-15-12-17/h6,10,12-14,16H,1-5,7-9,11H2. The fraction of sp³-hybridized carbons (Fsp3) is 0.786. The number of rotatable bonds is 7. The van der Waals surface area contributed by atoms with E-state index in [1.165, 1.54) is 51.7 Å². The number of aromatic nitrogens is 2. The van der Waals surface area contributed by atoms with Crippen molar-refractivity contribution < 1.29 is 0 Å². The average Bonchev–Trinajstić information content (AvgIpc) is 2.89. The van der Waals surface area contributed by atoms with E-state index in [9.17, 15) is 0 Å². The molecule has 18 heavy (non-hydrogen) atoms. The summed E-state index contributed by atoms with van der Waals surface area (Å²) in [6.45, 7) is 4.82. The van der Waals surface area contributed by atoms with E-state index in [4.69, 9.17) is 0 Å². The van der Waals surface area contributed by atoms with Crippen LogP contribution >= 0.6 is 0 Å². The van der Waals surface area contributed by atoms with Crippen LogP contribution in [0.25, 0.3) is 0 Å². The van der Waals surface area contributed by atoms with Crippen molar-refractivity contribution in [3.05, 3.63) is 18.7 Å². The van der Waals surface area contributed by atoms with Gasteiger partial charge < -0.3 is 9.88 Å². The molecule has 0 radical (unpaired) electrons. The Morgan fingerprint density at radius 1 is 1.22 bits per heavy atom. The van der Waals surface area contributed by atoms with Crippen molar-refractivity contribution in [1.82, 2.24) is 19.8 Å². The van der Waals surface area contributed by atoms with Crippen molar-refractivity contribution in [3.8, 4) is 0 Å². The second-order valence-corrected chi connectivity index (χ2v) is 5.67. The Bertz CT molecular complexity index is 345. The van der Waals surface area contributed by atoms with Gasteiger partial charge in [-0.15, -0.1) is 0 Å². The van der Waals surface area contributed by atoms with Crippen molar-refractivity contribution in [2.75, 3.05) is 19.6 Å². The molecule has 0 bridgehead atoms. The predicted octanol–water partition coefficient (Wildman–Crippen LogP) is 1.49. The molecule has 4 nitrogen and oxygen atoms in total. The molecular weight excluding hydrogens is 224 g/mol. The molecule has 3 rings (SSSR count). The highest BCUT2D eigenvalue weighted by atomic mass is 15.2. The van der Waals surface area contributed by atoms with Gasteiger partial charge in [0.25, 0.3) is 0 Å². The summed E-state index contributed by atoms with van der Waals surface area (Å²) in [4.78, 5) is 6.76. The molecule has 2 aliphatic rings. The Balaban J connectivity index is 1.37. The van der Waals surface area contributed by atoms with Crippen LogP contribution in [-0.4, -0.2) is 46.2 Å². The van der Waals surface area contributed by atoms with E-state index in [1.807, 2.05) is 12.5 Å². The molecule has 2 heterocycles. The van der Waals surface area contributed by atoms with Crippen molar-refractivity contribution in [3.63, 3.8) is 0 Å². The van der Waals surface area contributed by atoms with Crippen molar-refractivity contribution >= 4 is 0 Å². The Hall–Kier alpha value is -0.870. The largest absolute Gasteiger partial charge is 0.337 e. The molecule has 1 aromatic rings. The van der Waals surface area contributed by atoms with E-state index in [0.29, 0.717) is 0 Å². The van der Waals surface area contributed by atoms with Gasteiger partial charge in [-0.3, -0.25) is 4.90 Å². The third-order valence-electron chi connectivity index (χ3n) is 4.14. The van der Waals surface area contributed by atoms with E-state index >= 15 is 0 Å². The van der Waals surface area contributed by atoms with Crippen LogP contribution < -0.4 is 5.32 Å². The average molecular weight is 248 g/mol. The maximum absolute atomic E-state index is 4.08. The smallest absolute Gasteiger partial charge is 0.0945 e. The highest BCUT2D eigenvalue weighted by Gasteiger charge is 2.27. The molecule has 1 aromatic heterocycles. The zero-order chi connectivity index (χ0) is 12.2. The Morgan fingerprint density at radius 2 is 2.17 bits per heavy atom. The summed E-state index contributed by atoms with van der Waals surface area (Å²) in [5, 5.41) is 3.68. The van der Waals surface area contributed by atoms with E-state index in [1.54, 1.807) is 0 Å². The number of hydrogen-bond acceptors (Lipinski definition) is 3. The van der Waals surface area contributed by atoms with Gasteiger partial charge in [0, 0.05) is 44.1 Å². The van der Waals surface area contributed by atoms with Gasteiger partial charge in [0.1, 0.15) is 0 Å². The summed E-state index contributed by atoms with van der Waals surface area (Å²) >= 11 is 0. The van der Waals surface area contributed by atoms with Gasteiger partial charge in [-0.25, -0.2) is 4.98 Å². The molecule has 1 saturated carbocycles. The van der Waals surface area contributed by atoms with E-state index in [-0.39, 0.29) is 0 Å². The minimum Gasteiger partial charge on any atom is -0.337 e. The first-order valence-corrected chi connectivity index (χ1v) is 7.35. The minimum atomic E-state index is 0.786. The molecule has 0 spiro atoms. The quantitative estimate of drug-likeness (QED) is 0.793. The van der Waals surface area contributed by atoms with Crippen molar-refractivity contribution in [2.45, 2.75) is 50.7 Å². The Kier molecular flexibility index (Phi) is 3.96. The van der Waals surface area contributed by atoms with E-state index in [0.717, 1.165) is 18.6 Å². The first-order valence-electron chi connectivity index (χ1n) is 7.35. The number of nitrogens with zero attached hydrogens (tertiary/aromatic N) is 3. The fourth-order valence-corrected chi connectivity index (χ4v) is 2.89. The van der Waals surface area contributed by atoms with Gasteiger partial charge in [0.15, 0.2) is 0 Å². The lowest BCUT2D eigenvalue weighted by molar-refractivity contribution is 0.240. The second-order valence-electron chi connectivity index (χ2n) is 5.67. The predicted molar refractivity (Wildman–Crippen MR) is 72.5 cm³/mol. The molecule has 1 aliphatic carbocycles. The SMILES string of the molecule is c1cn(CCCN2CCCC2CNC2CC2)cn1. The monoisotopic (exact) mass is 248 g/mol. The first-order chi connectivity index (χ1) is 8.92. The molecule has 1 aliphatic heterocycles. The van der Waals surface area contributed by atoms with E-state index in [2.05, 4.69) is 26.0 Å². The van der Waals surface area contributed by atoms with Crippen LogP contribution in [-0.2, 0) is 6.54 Å². The van der Waals surface area contributed by atoms with Crippen LogP contribution in [0.15, 0.2) is 18.7 Å². The van der Waals surface area contributed by atoms with E-state index < -0.39 is 0 Å². The highest BCUT2D eigenvalue weighted by molar-refractivity contribution is 4.86. The molecule has 100 valence electrons. The third-order valence-corrected chi connectivity index (χ3v) is 4.14. The van der Waals surface area contributed by atoms with Gasteiger partial charge in [-0.05, 0) is 38.6 Å². The van der Waals surface area contributed by atoms with Gasteiger partial charge >= 0.3 is 0 Å². The van der Waals surface area contributed by atoms with Crippen molar-refractivity contribution in [2.24, 2.45) is 0 Å². The lowest BCUT2D eigenvalue weighted by atomic mass is 10.2. The van der Waals surface area contributed by atoms with Gasteiger partial charge in [-0.1, -0.05) is 0 Å². The van der Waals surface area contributed by atoms with Crippen LogP contribution in [0.2, 0.25) is 0 Å². The minimum absolute atomic E-state index is 0.786. The van der Waals surface area contributed by atoms with Crippen LogP contribution in [0.1, 0.15) is 32.1 Å². The summed E-state index contributed by atoms with van der Waals surface area (Å²) in [5.74, 6) is 0. The van der Waals surface area contributed by atoms with Crippen LogP contribution in [0.3, 0.4) is 0 Å². The van der Waals surface area contributed by atoms with Crippen LogP contribution in [0.5, 0.6) is 0 Å². The van der Waals surface area contributed by atoms with Crippen LogP contribution in [0.4, 0.5) is 0 Å². The summed E-state index contributed by atoms with van der Waals surface area (Å²) < 4.78 is 2.17. The number of hydrogen-bond donors (Lipinski definition) is 1. The fourth-order valence-electron chi connectivity index (χ4n) is 2.89. The maximum Gasteiger partial charge on any atom is 0.0945 e. The molecule has 1 N–H and O–H groups in total. The first kappa shape index (κ1) is 12.2. The zero-order valence-corrected chi connectivity index (χ0v) is 11.1. The number of aryl methyl sites for hydroxylation is 1. The van der Waals surface area contributed by atoms with Crippen LogP contribution in [0, 0.1) is 0 Å². The normalized spacial score (nSPS) is 24.8. The molecule has 2 fully saturated rings. The molecule has 0 aromatic carbocycles.